The molecule has 0 aromatic rings. The molecule has 5 atom stereocenters. The zero-order valence-corrected chi connectivity index (χ0v) is 51.6. The van der Waals surface area contributed by atoms with Crippen LogP contribution in [-0.2, 0) is 23.9 Å². The molecule has 0 aromatic heterocycles. The summed E-state index contributed by atoms with van der Waals surface area (Å²) >= 11 is 0. The first-order chi connectivity index (χ1) is 40.4. The minimum Gasteiger partial charge on any atom is -0.382 e. The van der Waals surface area contributed by atoms with Gasteiger partial charge in [-0.05, 0) is 25.7 Å². The number of hydrogen-bond acceptors (Lipinski definition) is 9. The molecule has 0 aromatic carbocycles. The number of ketones is 4. The number of carbonyl (C=O) groups excluding carboxylic acids is 4. The number of rotatable bonds is 61. The molecule has 0 radical (unpaired) electrons. The van der Waals surface area contributed by atoms with E-state index < -0.39 is 58.8 Å². The number of aliphatic hydroxyl groups excluding tert-OH is 1. The molecule has 0 aliphatic carbocycles. The van der Waals surface area contributed by atoms with Crippen molar-refractivity contribution in [1.82, 2.24) is 0 Å². The van der Waals surface area contributed by atoms with Crippen LogP contribution in [0.1, 0.15) is 393 Å². The molecule has 9 nitrogen and oxygen atoms in total. The third-order valence-corrected chi connectivity index (χ3v) is 17.6. The van der Waals surface area contributed by atoms with Crippen LogP contribution < -0.4 is 0 Å². The van der Waals surface area contributed by atoms with Gasteiger partial charge in [-0.25, -0.2) is 0 Å². The summed E-state index contributed by atoms with van der Waals surface area (Å²) < 4.78 is 35.3. The van der Waals surface area contributed by atoms with Crippen molar-refractivity contribution in [2.45, 2.75) is 416 Å². The highest BCUT2D eigenvalue weighted by Gasteiger charge is 2.77. The summed E-state index contributed by atoms with van der Waals surface area (Å²) in [5.41, 5.74) is -9.65. The van der Waals surface area contributed by atoms with Crippen LogP contribution in [0.3, 0.4) is 0 Å². The molecule has 0 spiro atoms. The van der Waals surface area contributed by atoms with E-state index in [1.165, 1.54) is 128 Å². The van der Waals surface area contributed by atoms with Crippen molar-refractivity contribution in [3.8, 4) is 0 Å². The van der Waals surface area contributed by atoms with Crippen molar-refractivity contribution < 1.29 is 49.8 Å². The smallest absolute Gasteiger partial charge is 0.199 e. The van der Waals surface area contributed by atoms with E-state index in [4.69, 9.17) is 10.2 Å². The highest BCUT2D eigenvalue weighted by molar-refractivity contribution is 6.07. The van der Waals surface area contributed by atoms with Gasteiger partial charge in [-0.1, -0.05) is 336 Å². The molecule has 1 fully saturated rings. The Labute approximate surface area is 493 Å². The highest BCUT2D eigenvalue weighted by Crippen LogP contribution is 2.47. The van der Waals surface area contributed by atoms with Crippen LogP contribution in [0.4, 0.5) is 0 Å². The van der Waals surface area contributed by atoms with Crippen molar-refractivity contribution in [3.05, 3.63) is 0 Å². The molecule has 79 heavy (non-hydrogen) atoms. The molecule has 0 amide bonds. The van der Waals surface area contributed by atoms with Crippen molar-refractivity contribution in [1.29, 1.82) is 0 Å². The molecule has 9 heteroatoms. The zero-order chi connectivity index (χ0) is 60.8. The lowest BCUT2D eigenvalue weighted by Gasteiger charge is -2.56. The van der Waals surface area contributed by atoms with Crippen molar-refractivity contribution in [2.75, 3.05) is 6.61 Å². The molecule has 0 bridgehead atoms. The van der Waals surface area contributed by atoms with Crippen LogP contribution in [0.5, 0.6) is 0 Å². The van der Waals surface area contributed by atoms with E-state index in [1.54, 1.807) is 0 Å². The highest BCUT2D eigenvalue weighted by atomic mass is 16.6. The quantitative estimate of drug-likeness (QED) is 0.0435. The molecule has 1 rings (SSSR count). The Hall–Kier alpha value is -1.52. The van der Waals surface area contributed by atoms with E-state index in [-0.39, 0.29) is 25.7 Å². The van der Waals surface area contributed by atoms with E-state index in [1.807, 2.05) is 0 Å². The van der Waals surface area contributed by atoms with E-state index in [0.29, 0.717) is 72.5 Å². The molecule has 1 aliphatic rings. The molecular weight excluding hydrogens is 985 g/mol. The lowest BCUT2D eigenvalue weighted by Crippen LogP contribution is -2.85. The average molecular weight is 1120 g/mol. The second-order valence-corrected chi connectivity index (χ2v) is 24.6. The lowest BCUT2D eigenvalue weighted by atomic mass is 9.58. The van der Waals surface area contributed by atoms with Gasteiger partial charge in [0.2, 0.25) is 0 Å². The third kappa shape index (κ3) is 32.4. The normalized spacial score (nSPS) is 20.4. The van der Waals surface area contributed by atoms with E-state index >= 15 is 0 Å². The second kappa shape index (κ2) is 50.9. The molecule has 1 saturated heterocycles. The molecule has 1 aliphatic heterocycles. The largest absolute Gasteiger partial charge is 0.382 e. The first kappa shape index (κ1) is 68.3. The maximum atomic E-state index is 14.9. The summed E-state index contributed by atoms with van der Waals surface area (Å²) in [5, 5.41) is 50.8. The molecule has 0 saturated carbocycles. The van der Waals surface area contributed by atoms with Gasteiger partial charge in [0.1, 0.15) is 12.2 Å². The Bertz CT molecular complexity index is 1540. The molecule has 1 heterocycles. The number of carbonyl (C=O) groups is 4. The summed E-state index contributed by atoms with van der Waals surface area (Å²) in [6.45, 7) is 1.09. The van der Waals surface area contributed by atoms with E-state index in [9.17, 15) is 39.6 Å². The number of ether oxygens (including phenoxy) is 1. The van der Waals surface area contributed by atoms with Gasteiger partial charge in [0.15, 0.2) is 39.9 Å². The molecule has 1 unspecified atom stereocenters. The Balaban J connectivity index is 3.18. The van der Waals surface area contributed by atoms with Crippen LogP contribution in [0.2, 0.25) is 0 Å². The first-order valence-electron chi connectivity index (χ1n) is 37.0. The van der Waals surface area contributed by atoms with E-state index in [0.717, 1.165) is 161 Å². The molecule has 466 valence electrons. The van der Waals surface area contributed by atoms with Gasteiger partial charge in [0.25, 0.3) is 0 Å². The van der Waals surface area contributed by atoms with Gasteiger partial charge in [0.05, 0.1) is 6.61 Å². The Morgan fingerprint density at radius 3 is 0.861 bits per heavy atom. The van der Waals surface area contributed by atoms with Gasteiger partial charge in [-0.15, -0.1) is 0 Å². The fraction of sp³-hybridized carbons (Fsp3) is 0.943. The number of Topliss-reactive ketones (excluding diaryl/α,β-unsaturated/α-hetero) is 4. The van der Waals surface area contributed by atoms with Crippen LogP contribution in [0.25, 0.3) is 0 Å². The maximum absolute atomic E-state index is 14.9. The summed E-state index contributed by atoms with van der Waals surface area (Å²) in [6, 6.07) is 0. The van der Waals surface area contributed by atoms with Crippen LogP contribution in [0.15, 0.2) is 0 Å². The van der Waals surface area contributed by atoms with Gasteiger partial charge in [-0.2, -0.15) is 0 Å². The predicted octanol–water partition coefficient (Wildman–Crippen LogP) is 19.1. The van der Waals surface area contributed by atoms with Gasteiger partial charge in [0, 0.05) is 31.2 Å². The summed E-state index contributed by atoms with van der Waals surface area (Å²) in [6.07, 6.45) is 48.0. The fourth-order valence-corrected chi connectivity index (χ4v) is 12.2. The predicted molar refractivity (Wildman–Crippen MR) is 332 cm³/mol. The maximum Gasteiger partial charge on any atom is 0.199 e. The summed E-state index contributed by atoms with van der Waals surface area (Å²) in [4.78, 5) is 58.3. The van der Waals surface area contributed by atoms with Crippen LogP contribution in [0, 0.1) is 0 Å². The zero-order valence-electron chi connectivity index (χ0n) is 55.6. The Morgan fingerprint density at radius 1 is 0.354 bits per heavy atom. The second-order valence-electron chi connectivity index (χ2n) is 24.6. The average Bonchev–Trinajstić information content (AvgIpc) is 0.790. The van der Waals surface area contributed by atoms with Crippen LogP contribution >= 0.6 is 0 Å². The van der Waals surface area contributed by atoms with E-state index in [2.05, 4.69) is 0 Å². The Morgan fingerprint density at radius 2 is 0.582 bits per heavy atom. The number of unbranched alkanes of at least 4 members (excludes halogenated alkanes) is 48. The fourth-order valence-electron chi connectivity index (χ4n) is 12.2. The standard InChI is InChI=1S/C70H132O9/c1-5-9-13-17-21-25-29-33-37-41-45-49-53-57-62(71)66(75)67-69(77,64(73)59-55-51-47-43-39-35-31-27-23-19-15-11-7-3)70(78,65(74)60-56-52-48-44-40-36-32-28-24-20-16-12-8-4)68(76,61-79-67)63(72)58-54-50-46-42-38-34-30-26-22-18-14-10-6-2/h66-67,75-78H,5-61H2,1-4H3/t66?,67-,68-,69-,70-/m1/s1/i1D,2D,3D,4D. The van der Waals surface area contributed by atoms with Gasteiger partial charge < -0.3 is 25.2 Å². The molecule has 4 N–H and O–H groups in total. The third-order valence-electron chi connectivity index (χ3n) is 17.6. The minimum atomic E-state index is -3.37. The van der Waals surface area contributed by atoms with Gasteiger partial charge >= 0.3 is 0 Å². The van der Waals surface area contributed by atoms with Crippen molar-refractivity contribution >= 4 is 23.1 Å². The lowest BCUT2D eigenvalue weighted by molar-refractivity contribution is -0.306. The SMILES string of the molecule is [2H]CCCCCCCCCCCCCCCC(=O)C(O)[C@H]1OC[C@@](O)(C(=O)CCCCCCCCCCCCCCC[2H])[C@](O)(C(=O)CCCCCCCCCCCCCCC[2H])[C@@]1(O)C(=O)CCCCCCCCCCCCCCC[2H]. The van der Waals surface area contributed by atoms with Gasteiger partial charge in [-0.3, -0.25) is 19.2 Å². The summed E-state index contributed by atoms with van der Waals surface area (Å²) in [5.74, 6) is -3.63. The molecular formula is C70H132O9. The monoisotopic (exact) mass is 1120 g/mol. The minimum absolute atomic E-state index is 0.0605. The first-order valence-corrected chi connectivity index (χ1v) is 34.2. The number of aliphatic hydroxyl groups is 4. The topological polar surface area (TPSA) is 158 Å². The Kier molecular flexibility index (Phi) is 44.0. The number of hydrogen-bond donors (Lipinski definition) is 4. The van der Waals surface area contributed by atoms with Crippen molar-refractivity contribution in [2.24, 2.45) is 0 Å². The van der Waals surface area contributed by atoms with Crippen LogP contribution in [-0.4, -0.2) is 79.2 Å². The van der Waals surface area contributed by atoms with Crippen molar-refractivity contribution in [3.63, 3.8) is 0 Å². The summed E-state index contributed by atoms with van der Waals surface area (Å²) in [7, 11) is 0.